The third kappa shape index (κ3) is 3.19. The van der Waals surface area contributed by atoms with Gasteiger partial charge in [0.1, 0.15) is 17.2 Å². The van der Waals surface area contributed by atoms with Crippen LogP contribution in [0, 0.1) is 17.0 Å². The maximum Gasteiger partial charge on any atom is 0.335 e. The van der Waals surface area contributed by atoms with Crippen molar-refractivity contribution in [2.45, 2.75) is 19.9 Å². The highest BCUT2D eigenvalue weighted by molar-refractivity contribution is 5.90. The second kappa shape index (κ2) is 5.66. The number of nitrogens with zero attached hydrogens (tertiary/aromatic N) is 1. The minimum Gasteiger partial charge on any atom is -0.478 e. The molecule has 1 unspecified atom stereocenters. The van der Waals surface area contributed by atoms with Crippen LogP contribution in [0.15, 0.2) is 34.7 Å². The number of nitro benzene ring substituents is 1. The van der Waals surface area contributed by atoms with Gasteiger partial charge in [-0.05, 0) is 38.1 Å². The summed E-state index contributed by atoms with van der Waals surface area (Å²) in [5, 5.41) is 22.9. The molecule has 0 saturated heterocycles. The number of anilines is 1. The van der Waals surface area contributed by atoms with Crippen LogP contribution in [0.25, 0.3) is 0 Å². The van der Waals surface area contributed by atoms with Crippen molar-refractivity contribution in [1.82, 2.24) is 0 Å². The van der Waals surface area contributed by atoms with E-state index in [9.17, 15) is 14.9 Å². The number of hydrogen-bond acceptors (Lipinski definition) is 5. The Morgan fingerprint density at radius 2 is 2.10 bits per heavy atom. The first kappa shape index (κ1) is 14.6. The predicted molar refractivity (Wildman–Crippen MR) is 75.5 cm³/mol. The second-order valence-electron chi connectivity index (χ2n) is 4.61. The lowest BCUT2D eigenvalue weighted by Crippen LogP contribution is -2.09. The topological polar surface area (TPSA) is 106 Å². The van der Waals surface area contributed by atoms with Gasteiger partial charge in [-0.3, -0.25) is 10.1 Å². The molecular weight excluding hydrogens is 276 g/mol. The number of aromatic carboxylic acids is 1. The second-order valence-corrected chi connectivity index (χ2v) is 4.61. The zero-order chi connectivity index (χ0) is 15.6. The molecule has 0 saturated carbocycles. The average molecular weight is 290 g/mol. The zero-order valence-corrected chi connectivity index (χ0v) is 11.5. The molecular formula is C14H14N2O5. The SMILES string of the molecule is Cc1ccc(C(C)Nc2cc(C(=O)O)ccc2[N+](=O)[O-])o1. The fourth-order valence-corrected chi connectivity index (χ4v) is 1.93. The van der Waals surface area contributed by atoms with Crippen LogP contribution in [-0.4, -0.2) is 16.0 Å². The van der Waals surface area contributed by atoms with Gasteiger partial charge in [0.05, 0.1) is 16.5 Å². The monoisotopic (exact) mass is 290 g/mol. The number of rotatable bonds is 5. The number of nitro groups is 1. The van der Waals surface area contributed by atoms with Crippen LogP contribution in [0.3, 0.4) is 0 Å². The van der Waals surface area contributed by atoms with Gasteiger partial charge in [-0.15, -0.1) is 0 Å². The van der Waals surface area contributed by atoms with Crippen LogP contribution < -0.4 is 5.32 Å². The van der Waals surface area contributed by atoms with Crippen molar-refractivity contribution in [1.29, 1.82) is 0 Å². The van der Waals surface area contributed by atoms with E-state index in [0.29, 0.717) is 5.76 Å². The summed E-state index contributed by atoms with van der Waals surface area (Å²) in [7, 11) is 0. The minimum absolute atomic E-state index is 0.0223. The molecule has 7 heteroatoms. The summed E-state index contributed by atoms with van der Waals surface area (Å²) >= 11 is 0. The van der Waals surface area contributed by atoms with E-state index in [2.05, 4.69) is 5.32 Å². The molecule has 0 amide bonds. The lowest BCUT2D eigenvalue weighted by molar-refractivity contribution is -0.384. The Morgan fingerprint density at radius 3 is 2.62 bits per heavy atom. The van der Waals surface area contributed by atoms with Gasteiger partial charge in [-0.1, -0.05) is 0 Å². The van der Waals surface area contributed by atoms with Crippen molar-refractivity contribution < 1.29 is 19.2 Å². The molecule has 110 valence electrons. The zero-order valence-electron chi connectivity index (χ0n) is 11.5. The predicted octanol–water partition coefficient (Wildman–Crippen LogP) is 3.37. The lowest BCUT2D eigenvalue weighted by atomic mass is 10.1. The van der Waals surface area contributed by atoms with Gasteiger partial charge in [0, 0.05) is 6.07 Å². The molecule has 1 atom stereocenters. The number of furan rings is 1. The van der Waals surface area contributed by atoms with Crippen LogP contribution in [0.5, 0.6) is 0 Å². The van der Waals surface area contributed by atoms with Gasteiger partial charge in [0.25, 0.3) is 5.69 Å². The molecule has 0 aliphatic carbocycles. The molecule has 2 rings (SSSR count). The molecule has 0 aliphatic heterocycles. The first-order valence-corrected chi connectivity index (χ1v) is 6.23. The lowest BCUT2D eigenvalue weighted by Gasteiger charge is -2.13. The molecule has 21 heavy (non-hydrogen) atoms. The van der Waals surface area contributed by atoms with Gasteiger partial charge in [0.15, 0.2) is 0 Å². The number of carboxylic acids is 1. The molecule has 2 aromatic rings. The Labute approximate surface area is 120 Å². The van der Waals surface area contributed by atoms with Crippen molar-refractivity contribution in [2.75, 3.05) is 5.32 Å². The largest absolute Gasteiger partial charge is 0.478 e. The molecule has 2 N–H and O–H groups in total. The summed E-state index contributed by atoms with van der Waals surface area (Å²) < 4.78 is 5.45. The molecule has 0 bridgehead atoms. The standard InChI is InChI=1S/C14H14N2O5/c1-8-3-6-13(21-8)9(2)15-11-7-10(14(17)18)4-5-12(11)16(19)20/h3-7,9,15H,1-2H3,(H,17,18). The third-order valence-corrected chi connectivity index (χ3v) is 3.00. The Hall–Kier alpha value is -2.83. The number of aryl methyl sites for hydroxylation is 1. The van der Waals surface area contributed by atoms with Gasteiger partial charge in [-0.2, -0.15) is 0 Å². The summed E-state index contributed by atoms with van der Waals surface area (Å²) in [4.78, 5) is 21.4. The molecule has 0 radical (unpaired) electrons. The third-order valence-electron chi connectivity index (χ3n) is 3.00. The summed E-state index contributed by atoms with van der Waals surface area (Å²) in [5.41, 5.74) is -0.0671. The summed E-state index contributed by atoms with van der Waals surface area (Å²) in [5.74, 6) is 0.199. The van der Waals surface area contributed by atoms with Crippen LogP contribution in [0.1, 0.15) is 34.8 Å². The smallest absolute Gasteiger partial charge is 0.335 e. The number of nitrogens with one attached hydrogen (secondary N) is 1. The van der Waals surface area contributed by atoms with Crippen molar-refractivity contribution in [3.8, 4) is 0 Å². The number of carbonyl (C=O) groups is 1. The van der Waals surface area contributed by atoms with E-state index in [1.165, 1.54) is 18.2 Å². The average Bonchev–Trinajstić information content (AvgIpc) is 2.85. The molecule has 0 fully saturated rings. The Balaban J connectivity index is 2.34. The van der Waals surface area contributed by atoms with E-state index < -0.39 is 10.9 Å². The van der Waals surface area contributed by atoms with E-state index in [1.54, 1.807) is 26.0 Å². The van der Waals surface area contributed by atoms with Crippen molar-refractivity contribution in [3.63, 3.8) is 0 Å². The fourth-order valence-electron chi connectivity index (χ4n) is 1.93. The molecule has 0 aliphatic rings. The van der Waals surface area contributed by atoms with E-state index >= 15 is 0 Å². The maximum atomic E-state index is 11.0. The van der Waals surface area contributed by atoms with Crippen LogP contribution in [0.2, 0.25) is 0 Å². The van der Waals surface area contributed by atoms with Gasteiger partial charge < -0.3 is 14.8 Å². The highest BCUT2D eigenvalue weighted by atomic mass is 16.6. The Morgan fingerprint density at radius 1 is 1.38 bits per heavy atom. The number of hydrogen-bond donors (Lipinski definition) is 2. The van der Waals surface area contributed by atoms with Crippen molar-refractivity contribution >= 4 is 17.3 Å². The summed E-state index contributed by atoms with van der Waals surface area (Å²) in [6, 6.07) is 6.84. The van der Waals surface area contributed by atoms with Gasteiger partial charge in [0.2, 0.25) is 0 Å². The van der Waals surface area contributed by atoms with E-state index in [0.717, 1.165) is 5.76 Å². The number of benzene rings is 1. The van der Waals surface area contributed by atoms with Gasteiger partial charge in [-0.25, -0.2) is 4.79 Å². The first-order chi connectivity index (χ1) is 9.88. The summed E-state index contributed by atoms with van der Waals surface area (Å²) in [6.07, 6.45) is 0. The quantitative estimate of drug-likeness (QED) is 0.646. The molecule has 1 heterocycles. The highest BCUT2D eigenvalue weighted by Gasteiger charge is 2.19. The maximum absolute atomic E-state index is 11.0. The van der Waals surface area contributed by atoms with E-state index in [1.807, 2.05) is 0 Å². The Kier molecular flexibility index (Phi) is 3.93. The Bertz CT molecular complexity index is 692. The van der Waals surface area contributed by atoms with Crippen molar-refractivity contribution in [3.05, 3.63) is 57.5 Å². The van der Waals surface area contributed by atoms with Crippen molar-refractivity contribution in [2.24, 2.45) is 0 Å². The van der Waals surface area contributed by atoms with Gasteiger partial charge >= 0.3 is 5.97 Å². The van der Waals surface area contributed by atoms with Crippen LogP contribution >= 0.6 is 0 Å². The van der Waals surface area contributed by atoms with Crippen LogP contribution in [0.4, 0.5) is 11.4 Å². The summed E-state index contributed by atoms with van der Waals surface area (Å²) in [6.45, 7) is 3.57. The van der Waals surface area contributed by atoms with Crippen LogP contribution in [-0.2, 0) is 0 Å². The van der Waals surface area contributed by atoms with E-state index in [4.69, 9.17) is 9.52 Å². The molecule has 1 aromatic heterocycles. The fraction of sp³-hybridized carbons (Fsp3) is 0.214. The highest BCUT2D eigenvalue weighted by Crippen LogP contribution is 2.29. The number of carboxylic acid groups (broad SMARTS) is 1. The normalized spacial score (nSPS) is 11.9. The first-order valence-electron chi connectivity index (χ1n) is 6.23. The molecule has 0 spiro atoms. The van der Waals surface area contributed by atoms with E-state index in [-0.39, 0.29) is 23.0 Å². The molecule has 1 aromatic carbocycles. The minimum atomic E-state index is -1.14. The molecule has 7 nitrogen and oxygen atoms in total.